The van der Waals surface area contributed by atoms with E-state index in [-0.39, 0.29) is 6.09 Å². The van der Waals surface area contributed by atoms with Crippen LogP contribution in [0.2, 0.25) is 0 Å². The van der Waals surface area contributed by atoms with Gasteiger partial charge in [-0.05, 0) is 19.4 Å². The summed E-state index contributed by atoms with van der Waals surface area (Å²) in [5.74, 6) is 1.67. The lowest BCUT2D eigenvalue weighted by molar-refractivity contribution is 0.105. The van der Waals surface area contributed by atoms with Crippen molar-refractivity contribution >= 4 is 17.9 Å². The number of carbonyl (C=O) groups excluding carboxylic acids is 1. The summed E-state index contributed by atoms with van der Waals surface area (Å²) in [4.78, 5) is 26.8. The van der Waals surface area contributed by atoms with Crippen LogP contribution in [0.4, 0.5) is 16.6 Å². The number of ether oxygens (including phenoxy) is 1. The highest BCUT2D eigenvalue weighted by molar-refractivity contribution is 5.68. The summed E-state index contributed by atoms with van der Waals surface area (Å²) >= 11 is 0. The largest absolute Gasteiger partial charge is 0.450 e. The van der Waals surface area contributed by atoms with Crippen molar-refractivity contribution in [3.63, 3.8) is 0 Å². The van der Waals surface area contributed by atoms with Gasteiger partial charge in [-0.2, -0.15) is 4.98 Å². The van der Waals surface area contributed by atoms with Gasteiger partial charge in [0, 0.05) is 46.0 Å². The van der Waals surface area contributed by atoms with Crippen molar-refractivity contribution < 1.29 is 9.53 Å². The fourth-order valence-corrected chi connectivity index (χ4v) is 2.53. The van der Waals surface area contributed by atoms with Gasteiger partial charge in [-0.15, -0.1) is 0 Å². The first-order valence-electron chi connectivity index (χ1n) is 8.36. The molecule has 0 aliphatic carbocycles. The number of hydrogen-bond donors (Lipinski definition) is 0. The molecule has 1 aromatic heterocycles. The molecule has 1 fully saturated rings. The Morgan fingerprint density at radius 1 is 1.30 bits per heavy atom. The molecule has 0 saturated carbocycles. The van der Waals surface area contributed by atoms with Crippen molar-refractivity contribution in [1.29, 1.82) is 0 Å². The number of piperazine rings is 1. The van der Waals surface area contributed by atoms with E-state index in [1.54, 1.807) is 11.1 Å². The zero-order valence-electron chi connectivity index (χ0n) is 14.4. The molecule has 0 spiro atoms. The summed E-state index contributed by atoms with van der Waals surface area (Å²) < 4.78 is 5.05. The highest BCUT2D eigenvalue weighted by Gasteiger charge is 2.23. The Balaban J connectivity index is 1.94. The van der Waals surface area contributed by atoms with Gasteiger partial charge >= 0.3 is 6.09 Å². The van der Waals surface area contributed by atoms with Crippen LogP contribution in [0.15, 0.2) is 12.3 Å². The molecule has 0 atom stereocenters. The van der Waals surface area contributed by atoms with Crippen molar-refractivity contribution in [2.45, 2.75) is 26.7 Å². The molecule has 7 nitrogen and oxygen atoms in total. The number of aromatic nitrogens is 2. The first kappa shape index (κ1) is 17.3. The molecule has 1 amide bonds. The summed E-state index contributed by atoms with van der Waals surface area (Å²) in [6.07, 6.45) is 3.86. The maximum atomic E-state index is 11.7. The minimum Gasteiger partial charge on any atom is -0.450 e. The van der Waals surface area contributed by atoms with Crippen LogP contribution in [0.25, 0.3) is 0 Å². The van der Waals surface area contributed by atoms with Gasteiger partial charge in [-0.25, -0.2) is 9.78 Å². The Kier molecular flexibility index (Phi) is 6.43. The maximum absolute atomic E-state index is 11.7. The molecule has 0 unspecified atom stereocenters. The lowest BCUT2D eigenvalue weighted by atomic mass is 10.3. The van der Waals surface area contributed by atoms with E-state index >= 15 is 0 Å². The average Bonchev–Trinajstić information content (AvgIpc) is 2.60. The molecule has 1 aliphatic rings. The van der Waals surface area contributed by atoms with Gasteiger partial charge in [0.2, 0.25) is 5.95 Å². The van der Waals surface area contributed by atoms with E-state index in [1.165, 1.54) is 0 Å². The van der Waals surface area contributed by atoms with Crippen LogP contribution in [-0.4, -0.2) is 67.3 Å². The molecule has 2 heterocycles. The van der Waals surface area contributed by atoms with Gasteiger partial charge in [0.05, 0.1) is 6.61 Å². The standard InChI is InChI=1S/C16H27N5O2/c1-4-6-9-19(3)15-17-8-7-14(18-15)20-10-12-21(13-11-20)16(22)23-5-2/h7-8H,4-6,9-13H2,1-3H3. The van der Waals surface area contributed by atoms with Gasteiger partial charge in [0.15, 0.2) is 0 Å². The topological polar surface area (TPSA) is 61.8 Å². The van der Waals surface area contributed by atoms with Gasteiger partial charge < -0.3 is 19.4 Å². The van der Waals surface area contributed by atoms with E-state index in [2.05, 4.69) is 26.7 Å². The molecular formula is C16H27N5O2. The third kappa shape index (κ3) is 4.71. The average molecular weight is 321 g/mol. The highest BCUT2D eigenvalue weighted by atomic mass is 16.6. The quantitative estimate of drug-likeness (QED) is 0.798. The van der Waals surface area contributed by atoms with Crippen molar-refractivity contribution in [2.75, 3.05) is 56.2 Å². The smallest absolute Gasteiger partial charge is 0.409 e. The number of rotatable bonds is 6. The minimum atomic E-state index is -0.227. The summed E-state index contributed by atoms with van der Waals surface area (Å²) in [5.41, 5.74) is 0. The SMILES string of the molecule is CCCCN(C)c1nccc(N2CCN(C(=O)OCC)CC2)n1. The molecule has 0 N–H and O–H groups in total. The Bertz CT molecular complexity index is 503. The molecule has 128 valence electrons. The number of anilines is 2. The van der Waals surface area contributed by atoms with E-state index in [4.69, 9.17) is 4.74 Å². The van der Waals surface area contributed by atoms with Crippen LogP contribution in [0, 0.1) is 0 Å². The first-order valence-corrected chi connectivity index (χ1v) is 8.36. The lowest BCUT2D eigenvalue weighted by Crippen LogP contribution is -2.49. The van der Waals surface area contributed by atoms with E-state index in [1.807, 2.05) is 20.0 Å². The van der Waals surface area contributed by atoms with E-state index in [0.29, 0.717) is 19.7 Å². The second kappa shape index (κ2) is 8.55. The zero-order chi connectivity index (χ0) is 16.7. The fourth-order valence-electron chi connectivity index (χ4n) is 2.53. The number of nitrogens with zero attached hydrogens (tertiary/aromatic N) is 5. The van der Waals surface area contributed by atoms with Crippen LogP contribution in [0.1, 0.15) is 26.7 Å². The lowest BCUT2D eigenvalue weighted by Gasteiger charge is -2.34. The predicted octanol–water partition coefficient (Wildman–Crippen LogP) is 1.99. The fraction of sp³-hybridized carbons (Fsp3) is 0.688. The van der Waals surface area contributed by atoms with Crippen molar-refractivity contribution in [1.82, 2.24) is 14.9 Å². The highest BCUT2D eigenvalue weighted by Crippen LogP contribution is 2.17. The minimum absolute atomic E-state index is 0.227. The van der Waals surface area contributed by atoms with Crippen LogP contribution >= 0.6 is 0 Å². The predicted molar refractivity (Wildman–Crippen MR) is 91.0 cm³/mol. The first-order chi connectivity index (χ1) is 11.2. The van der Waals surface area contributed by atoms with Crippen molar-refractivity contribution in [3.05, 3.63) is 12.3 Å². The van der Waals surface area contributed by atoms with Crippen LogP contribution in [0.5, 0.6) is 0 Å². The normalized spacial score (nSPS) is 14.7. The summed E-state index contributed by atoms with van der Waals surface area (Å²) in [6, 6.07) is 1.93. The Labute approximate surface area is 138 Å². The Morgan fingerprint density at radius 3 is 2.70 bits per heavy atom. The molecule has 1 saturated heterocycles. The third-order valence-electron chi connectivity index (χ3n) is 3.95. The van der Waals surface area contributed by atoms with Crippen molar-refractivity contribution in [3.8, 4) is 0 Å². The summed E-state index contributed by atoms with van der Waals surface area (Å²) in [5, 5.41) is 0. The summed E-state index contributed by atoms with van der Waals surface area (Å²) in [7, 11) is 2.02. The molecule has 1 aliphatic heterocycles. The molecule has 0 aromatic carbocycles. The van der Waals surface area contributed by atoms with Crippen molar-refractivity contribution in [2.24, 2.45) is 0 Å². The van der Waals surface area contributed by atoms with Gasteiger partial charge in [0.1, 0.15) is 5.82 Å². The van der Waals surface area contributed by atoms with Gasteiger partial charge in [0.25, 0.3) is 0 Å². The number of unbranched alkanes of at least 4 members (excludes halogenated alkanes) is 1. The molecule has 2 rings (SSSR count). The molecule has 1 aromatic rings. The molecule has 0 radical (unpaired) electrons. The Morgan fingerprint density at radius 2 is 2.04 bits per heavy atom. The molecule has 7 heteroatoms. The van der Waals surface area contributed by atoms with E-state index in [0.717, 1.165) is 44.2 Å². The second-order valence-electron chi connectivity index (χ2n) is 5.66. The van der Waals surface area contributed by atoms with Crippen LogP contribution < -0.4 is 9.80 Å². The number of carbonyl (C=O) groups is 1. The molecule has 0 bridgehead atoms. The number of hydrogen-bond acceptors (Lipinski definition) is 6. The second-order valence-corrected chi connectivity index (χ2v) is 5.66. The summed E-state index contributed by atoms with van der Waals surface area (Å²) in [6.45, 7) is 8.20. The van der Waals surface area contributed by atoms with E-state index < -0.39 is 0 Å². The molecular weight excluding hydrogens is 294 g/mol. The maximum Gasteiger partial charge on any atom is 0.409 e. The van der Waals surface area contributed by atoms with E-state index in [9.17, 15) is 4.79 Å². The molecule has 23 heavy (non-hydrogen) atoms. The van der Waals surface area contributed by atoms with Gasteiger partial charge in [-0.3, -0.25) is 0 Å². The Hall–Kier alpha value is -2.05. The number of amides is 1. The monoisotopic (exact) mass is 321 g/mol. The zero-order valence-corrected chi connectivity index (χ0v) is 14.4. The van der Waals surface area contributed by atoms with Gasteiger partial charge in [-0.1, -0.05) is 13.3 Å². The van der Waals surface area contributed by atoms with Crippen LogP contribution in [0.3, 0.4) is 0 Å². The third-order valence-corrected chi connectivity index (χ3v) is 3.95. The van der Waals surface area contributed by atoms with Crippen LogP contribution in [-0.2, 0) is 4.74 Å².